The molecule has 2 aromatic carbocycles. The average molecular weight is 335 g/mol. The standard InChI is InChI=1S/C20H17NO2S/c1-13-8-14(2)10-16(9-13)17(22)12-19-21-20(23)18(24-19)11-15-6-4-3-5-7-15/h3-12H,1-2H3,(H,21,23)/b18-11-,19-12-. The predicted molar refractivity (Wildman–Crippen MR) is 98.9 cm³/mol. The van der Waals surface area contributed by atoms with Crippen LogP contribution in [-0.4, -0.2) is 10.8 Å². The Labute approximate surface area is 143 Å². The second-order valence-electron chi connectivity index (χ2n) is 5.72. The molecular formula is C20H17NO2S. The van der Waals surface area contributed by atoms with E-state index in [4.69, 9.17) is 0 Å². The average Bonchev–Trinajstić information content (AvgIpc) is 2.87. The van der Waals surface area contributed by atoms with Crippen LogP contribution in [0.3, 0.4) is 0 Å². The summed E-state index contributed by atoms with van der Waals surface area (Å²) in [6, 6.07) is 15.4. The van der Waals surface area contributed by atoms with E-state index in [-0.39, 0.29) is 11.3 Å². The van der Waals surface area contributed by atoms with Crippen LogP contribution in [0.4, 0.5) is 0 Å². The van der Waals surface area contributed by atoms with Crippen molar-refractivity contribution in [3.05, 3.63) is 90.3 Å². The van der Waals surface area contributed by atoms with E-state index in [0.717, 1.165) is 16.7 Å². The van der Waals surface area contributed by atoms with Crippen LogP contribution in [0, 0.1) is 13.8 Å². The highest BCUT2D eigenvalue weighted by Crippen LogP contribution is 2.10. The quantitative estimate of drug-likeness (QED) is 0.748. The molecule has 3 rings (SSSR count). The van der Waals surface area contributed by atoms with Gasteiger partial charge in [0.1, 0.15) is 0 Å². The van der Waals surface area contributed by atoms with Gasteiger partial charge in [-0.15, -0.1) is 11.3 Å². The number of Topliss-reactive ketones (excluding diaryl/α,β-unsaturated/α-hetero) is 1. The van der Waals surface area contributed by atoms with Crippen LogP contribution in [0.1, 0.15) is 27.0 Å². The first-order chi connectivity index (χ1) is 11.5. The molecule has 24 heavy (non-hydrogen) atoms. The number of ketones is 1. The number of rotatable bonds is 3. The van der Waals surface area contributed by atoms with Crippen molar-refractivity contribution in [1.29, 1.82) is 0 Å². The molecule has 0 aliphatic heterocycles. The highest BCUT2D eigenvalue weighted by molar-refractivity contribution is 7.07. The number of hydrogen-bond acceptors (Lipinski definition) is 3. The molecule has 0 amide bonds. The van der Waals surface area contributed by atoms with Crippen LogP contribution in [0.2, 0.25) is 0 Å². The molecule has 0 aliphatic carbocycles. The van der Waals surface area contributed by atoms with Gasteiger partial charge >= 0.3 is 0 Å². The molecule has 0 atom stereocenters. The number of aryl methyl sites for hydroxylation is 2. The van der Waals surface area contributed by atoms with Crippen LogP contribution >= 0.6 is 11.3 Å². The molecular weight excluding hydrogens is 318 g/mol. The van der Waals surface area contributed by atoms with Crippen molar-refractivity contribution >= 4 is 29.3 Å². The SMILES string of the molecule is Cc1cc(C)cc(C(=O)/C=c2/[nH]c(=O)/c(=C/c3ccccc3)s2)c1. The van der Waals surface area contributed by atoms with E-state index in [1.807, 2.05) is 68.5 Å². The first-order valence-corrected chi connectivity index (χ1v) is 8.43. The summed E-state index contributed by atoms with van der Waals surface area (Å²) in [6.45, 7) is 3.92. The fourth-order valence-electron chi connectivity index (χ4n) is 2.54. The van der Waals surface area contributed by atoms with Gasteiger partial charge in [0.05, 0.1) is 9.20 Å². The Hall–Kier alpha value is -2.72. The second kappa shape index (κ2) is 6.81. The third-order valence-corrected chi connectivity index (χ3v) is 4.51. The second-order valence-corrected chi connectivity index (χ2v) is 6.81. The molecule has 1 N–H and O–H groups in total. The van der Waals surface area contributed by atoms with Gasteiger partial charge in [-0.2, -0.15) is 0 Å². The van der Waals surface area contributed by atoms with Crippen molar-refractivity contribution in [2.24, 2.45) is 0 Å². The predicted octanol–water partition coefficient (Wildman–Crippen LogP) is 2.55. The Bertz CT molecular complexity index is 1040. The molecule has 0 bridgehead atoms. The molecule has 0 fully saturated rings. The molecule has 0 unspecified atom stereocenters. The van der Waals surface area contributed by atoms with E-state index >= 15 is 0 Å². The van der Waals surface area contributed by atoms with E-state index in [2.05, 4.69) is 4.98 Å². The lowest BCUT2D eigenvalue weighted by atomic mass is 10.0. The summed E-state index contributed by atoms with van der Waals surface area (Å²) < 4.78 is 1.15. The molecule has 1 aromatic heterocycles. The molecule has 0 saturated carbocycles. The van der Waals surface area contributed by atoms with Crippen molar-refractivity contribution < 1.29 is 4.79 Å². The Balaban J connectivity index is 2.00. The van der Waals surface area contributed by atoms with Crippen molar-refractivity contribution in [1.82, 2.24) is 4.98 Å². The van der Waals surface area contributed by atoms with Crippen molar-refractivity contribution in [2.75, 3.05) is 0 Å². The molecule has 120 valence electrons. The smallest absolute Gasteiger partial charge is 0.266 e. The lowest BCUT2D eigenvalue weighted by molar-refractivity contribution is 0.106. The summed E-state index contributed by atoms with van der Waals surface area (Å²) in [4.78, 5) is 27.2. The van der Waals surface area contributed by atoms with Gasteiger partial charge in [0, 0.05) is 11.6 Å². The number of nitrogens with one attached hydrogen (secondary N) is 1. The van der Waals surface area contributed by atoms with Gasteiger partial charge in [0.15, 0.2) is 5.78 Å². The molecule has 0 spiro atoms. The largest absolute Gasteiger partial charge is 0.313 e. The van der Waals surface area contributed by atoms with Gasteiger partial charge in [-0.25, -0.2) is 0 Å². The summed E-state index contributed by atoms with van der Waals surface area (Å²) in [5, 5.41) is 0. The third kappa shape index (κ3) is 3.78. The van der Waals surface area contributed by atoms with Gasteiger partial charge < -0.3 is 4.98 Å². The first-order valence-electron chi connectivity index (χ1n) is 7.61. The zero-order valence-electron chi connectivity index (χ0n) is 13.5. The minimum absolute atomic E-state index is 0.106. The number of hydrogen-bond donors (Lipinski definition) is 1. The number of carbonyl (C=O) groups excluding carboxylic acids is 1. The molecule has 1 heterocycles. The van der Waals surface area contributed by atoms with Gasteiger partial charge in [-0.05, 0) is 37.6 Å². The first kappa shape index (κ1) is 16.1. The minimum atomic E-state index is -0.177. The third-order valence-electron chi connectivity index (χ3n) is 3.55. The highest BCUT2D eigenvalue weighted by atomic mass is 32.1. The Morgan fingerprint density at radius 2 is 1.71 bits per heavy atom. The highest BCUT2D eigenvalue weighted by Gasteiger charge is 2.05. The molecule has 0 saturated heterocycles. The van der Waals surface area contributed by atoms with Crippen LogP contribution in [-0.2, 0) is 0 Å². The summed E-state index contributed by atoms with van der Waals surface area (Å²) in [6.07, 6.45) is 3.31. The van der Waals surface area contributed by atoms with Crippen LogP contribution in [0.25, 0.3) is 12.2 Å². The topological polar surface area (TPSA) is 49.9 Å². The van der Waals surface area contributed by atoms with E-state index in [0.29, 0.717) is 14.8 Å². The molecule has 3 aromatic rings. The fraction of sp³-hybridized carbons (Fsp3) is 0.100. The minimum Gasteiger partial charge on any atom is -0.313 e. The van der Waals surface area contributed by atoms with Crippen LogP contribution < -0.4 is 14.8 Å². The van der Waals surface area contributed by atoms with E-state index in [9.17, 15) is 9.59 Å². The van der Waals surface area contributed by atoms with Gasteiger partial charge in [-0.1, -0.05) is 47.5 Å². The summed E-state index contributed by atoms with van der Waals surface area (Å²) in [5.41, 5.74) is 3.50. The number of H-pyrrole nitrogens is 1. The Morgan fingerprint density at radius 3 is 2.38 bits per heavy atom. The van der Waals surface area contributed by atoms with E-state index in [1.165, 1.54) is 17.4 Å². The lowest BCUT2D eigenvalue weighted by Crippen LogP contribution is -2.19. The van der Waals surface area contributed by atoms with Crippen LogP contribution in [0.5, 0.6) is 0 Å². The van der Waals surface area contributed by atoms with Crippen molar-refractivity contribution in [3.8, 4) is 0 Å². The van der Waals surface area contributed by atoms with E-state index in [1.54, 1.807) is 0 Å². The van der Waals surface area contributed by atoms with Crippen molar-refractivity contribution in [3.63, 3.8) is 0 Å². The van der Waals surface area contributed by atoms with Crippen molar-refractivity contribution in [2.45, 2.75) is 13.8 Å². The maximum Gasteiger partial charge on any atom is 0.266 e. The van der Waals surface area contributed by atoms with Crippen LogP contribution in [0.15, 0.2) is 53.3 Å². The van der Waals surface area contributed by atoms with E-state index < -0.39 is 0 Å². The number of benzene rings is 2. The summed E-state index contributed by atoms with van der Waals surface area (Å²) in [5.74, 6) is -0.106. The normalized spacial score (nSPS) is 12.6. The maximum atomic E-state index is 12.4. The molecule has 4 heteroatoms. The number of aromatic nitrogens is 1. The number of thiazole rings is 1. The summed E-state index contributed by atoms with van der Waals surface area (Å²) >= 11 is 1.29. The lowest BCUT2D eigenvalue weighted by Gasteiger charge is -2.00. The Kier molecular flexibility index (Phi) is 4.58. The number of aromatic amines is 1. The van der Waals surface area contributed by atoms with Gasteiger partial charge in [0.2, 0.25) is 0 Å². The number of carbonyl (C=O) groups is 1. The monoisotopic (exact) mass is 335 g/mol. The van der Waals surface area contributed by atoms with Gasteiger partial charge in [-0.3, -0.25) is 9.59 Å². The maximum absolute atomic E-state index is 12.4. The molecule has 3 nitrogen and oxygen atoms in total. The summed E-state index contributed by atoms with van der Waals surface area (Å²) in [7, 11) is 0. The Morgan fingerprint density at radius 1 is 1.04 bits per heavy atom. The van der Waals surface area contributed by atoms with Gasteiger partial charge in [0.25, 0.3) is 5.56 Å². The zero-order chi connectivity index (χ0) is 17.1. The molecule has 0 radical (unpaired) electrons. The fourth-order valence-corrected chi connectivity index (χ4v) is 3.43. The molecule has 0 aliphatic rings. The zero-order valence-corrected chi connectivity index (χ0v) is 14.3.